The van der Waals surface area contributed by atoms with E-state index in [0.29, 0.717) is 12.3 Å². The Morgan fingerprint density at radius 3 is 2.92 bits per heavy atom. The van der Waals surface area contributed by atoms with Gasteiger partial charge in [-0.2, -0.15) is 0 Å². The van der Waals surface area contributed by atoms with E-state index in [-0.39, 0.29) is 12.5 Å². The van der Waals surface area contributed by atoms with E-state index in [9.17, 15) is 4.79 Å². The summed E-state index contributed by atoms with van der Waals surface area (Å²) in [5, 5.41) is 11.0. The predicted molar refractivity (Wildman–Crippen MR) is 103 cm³/mol. The number of fused-ring (bicyclic) bond motifs is 1. The van der Waals surface area contributed by atoms with Gasteiger partial charge in [-0.25, -0.2) is 0 Å². The highest BCUT2D eigenvalue weighted by Crippen LogP contribution is 2.38. The number of carboxylic acids is 1. The molecule has 1 aromatic carbocycles. The van der Waals surface area contributed by atoms with Crippen LogP contribution in [0.15, 0.2) is 29.3 Å². The molecule has 4 rings (SSSR count). The zero-order valence-corrected chi connectivity index (χ0v) is 15.0. The summed E-state index contributed by atoms with van der Waals surface area (Å²) in [4.78, 5) is 15.5. The number of carboxylic acid groups (broad SMARTS) is 1. The highest BCUT2D eigenvalue weighted by Gasteiger charge is 2.25. The number of carbonyl (C=O) groups is 1. The van der Waals surface area contributed by atoms with Crippen molar-refractivity contribution in [1.29, 1.82) is 0 Å². The van der Waals surface area contributed by atoms with Crippen LogP contribution in [0.4, 0.5) is 0 Å². The largest absolute Gasteiger partial charge is 0.481 e. The number of nitrogen functional groups attached to an aromatic ring is 1. The first-order chi connectivity index (χ1) is 12.1. The fourth-order valence-corrected chi connectivity index (χ4v) is 5.16. The summed E-state index contributed by atoms with van der Waals surface area (Å²) in [5.74, 6) is 7.16. The third-order valence-corrected chi connectivity index (χ3v) is 6.45. The topological polar surface area (TPSA) is 80.6 Å². The lowest BCUT2D eigenvalue weighted by molar-refractivity contribution is -0.137. The Balaban J connectivity index is 1.67. The maximum absolute atomic E-state index is 10.8. The minimum atomic E-state index is -0.761. The number of rotatable bonds is 5. The molecule has 1 saturated carbocycles. The zero-order valence-electron chi connectivity index (χ0n) is 14.1. The van der Waals surface area contributed by atoms with Crippen molar-refractivity contribution >= 4 is 33.7 Å². The number of aliphatic imine (C=N–C) groups is 1. The van der Waals surface area contributed by atoms with Crippen LogP contribution in [-0.2, 0) is 4.79 Å². The van der Waals surface area contributed by atoms with Crippen molar-refractivity contribution in [2.75, 3.05) is 11.6 Å². The lowest BCUT2D eigenvalue weighted by Crippen LogP contribution is -2.15. The van der Waals surface area contributed by atoms with Crippen LogP contribution in [0, 0.1) is 0 Å². The molecule has 1 aromatic heterocycles. The molecule has 2 aromatic rings. The molecule has 5 nitrogen and oxygen atoms in total. The van der Waals surface area contributed by atoms with Crippen LogP contribution >= 0.6 is 11.8 Å². The molecule has 6 heteroatoms. The molecule has 0 saturated heterocycles. The number of benzene rings is 1. The minimum Gasteiger partial charge on any atom is -0.481 e. The molecule has 2 heterocycles. The molecular formula is C19H23N3O2S. The fraction of sp³-hybridized carbons (Fsp3) is 0.474. The van der Waals surface area contributed by atoms with Gasteiger partial charge < -0.3 is 10.9 Å². The van der Waals surface area contributed by atoms with Crippen LogP contribution in [0.1, 0.15) is 55.7 Å². The third kappa shape index (κ3) is 3.15. The van der Waals surface area contributed by atoms with Crippen molar-refractivity contribution < 1.29 is 9.90 Å². The monoisotopic (exact) mass is 357 g/mol. The van der Waals surface area contributed by atoms with Crippen LogP contribution < -0.4 is 5.84 Å². The second-order valence-corrected chi connectivity index (χ2v) is 8.01. The van der Waals surface area contributed by atoms with E-state index >= 15 is 0 Å². The Morgan fingerprint density at radius 2 is 2.16 bits per heavy atom. The van der Waals surface area contributed by atoms with Gasteiger partial charge in [0.1, 0.15) is 5.04 Å². The summed E-state index contributed by atoms with van der Waals surface area (Å²) in [7, 11) is 0. The van der Waals surface area contributed by atoms with E-state index in [1.807, 2.05) is 0 Å². The van der Waals surface area contributed by atoms with Gasteiger partial charge >= 0.3 is 5.97 Å². The van der Waals surface area contributed by atoms with Gasteiger partial charge in [0.25, 0.3) is 0 Å². The predicted octanol–water partition coefficient (Wildman–Crippen LogP) is 3.74. The molecule has 25 heavy (non-hydrogen) atoms. The molecule has 1 fully saturated rings. The van der Waals surface area contributed by atoms with Crippen molar-refractivity contribution in [3.05, 3.63) is 35.5 Å². The fourth-order valence-electron chi connectivity index (χ4n) is 4.04. The molecule has 3 N–H and O–H groups in total. The van der Waals surface area contributed by atoms with Crippen LogP contribution in [0.25, 0.3) is 10.9 Å². The van der Waals surface area contributed by atoms with E-state index in [1.54, 1.807) is 16.4 Å². The van der Waals surface area contributed by atoms with Crippen molar-refractivity contribution in [1.82, 2.24) is 4.68 Å². The molecule has 1 unspecified atom stereocenters. The van der Waals surface area contributed by atoms with Gasteiger partial charge in [0.15, 0.2) is 0 Å². The number of aliphatic carboxylic acids is 1. The van der Waals surface area contributed by atoms with Gasteiger partial charge in [0.05, 0.1) is 17.3 Å². The average Bonchev–Trinajstić information content (AvgIpc) is 3.33. The maximum atomic E-state index is 10.8. The first-order valence-electron chi connectivity index (χ1n) is 8.95. The smallest absolute Gasteiger partial charge is 0.303 e. The zero-order chi connectivity index (χ0) is 17.4. The molecule has 0 radical (unpaired) electrons. The van der Waals surface area contributed by atoms with E-state index in [0.717, 1.165) is 22.0 Å². The Bertz CT molecular complexity index is 837. The molecule has 1 atom stereocenters. The highest BCUT2D eigenvalue weighted by atomic mass is 32.2. The lowest BCUT2D eigenvalue weighted by Gasteiger charge is -2.13. The van der Waals surface area contributed by atoms with Crippen LogP contribution in [0.3, 0.4) is 0 Å². The SMILES string of the molecule is Nn1c(C2=NC(CCC(=O)O)CS2)cc2cccc(C3CCCC3)c21. The summed E-state index contributed by atoms with van der Waals surface area (Å²) in [6, 6.07) is 8.65. The van der Waals surface area contributed by atoms with Gasteiger partial charge in [-0.15, -0.1) is 11.8 Å². The molecule has 2 aliphatic rings. The third-order valence-electron chi connectivity index (χ3n) is 5.31. The number of thioether (sulfide) groups is 1. The lowest BCUT2D eigenvalue weighted by atomic mass is 9.96. The van der Waals surface area contributed by atoms with Gasteiger partial charge in [0.2, 0.25) is 0 Å². The standard InChI is InChI=1S/C19H23N3O2S/c20-22-16(19-21-14(11-25-19)8-9-17(23)24)10-13-6-3-7-15(18(13)22)12-4-1-2-5-12/h3,6-7,10,12,14H,1-2,4-5,8-9,11,20H2,(H,23,24). The van der Waals surface area contributed by atoms with Crippen molar-refractivity contribution in [3.63, 3.8) is 0 Å². The number of para-hydroxylation sites is 1. The van der Waals surface area contributed by atoms with E-state index in [2.05, 4.69) is 24.3 Å². The first-order valence-corrected chi connectivity index (χ1v) is 9.94. The molecule has 1 aliphatic heterocycles. The Labute approximate surface area is 151 Å². The summed E-state index contributed by atoms with van der Waals surface area (Å²) >= 11 is 1.68. The first kappa shape index (κ1) is 16.5. The van der Waals surface area contributed by atoms with E-state index in [4.69, 9.17) is 15.9 Å². The molecular weight excluding hydrogens is 334 g/mol. The van der Waals surface area contributed by atoms with Crippen molar-refractivity contribution in [3.8, 4) is 0 Å². The molecule has 0 spiro atoms. The maximum Gasteiger partial charge on any atom is 0.303 e. The quantitative estimate of drug-likeness (QED) is 0.799. The summed E-state index contributed by atoms with van der Waals surface area (Å²) in [6.07, 6.45) is 5.84. The summed E-state index contributed by atoms with van der Waals surface area (Å²) < 4.78 is 1.80. The van der Waals surface area contributed by atoms with Gasteiger partial charge in [-0.05, 0) is 36.8 Å². The minimum absolute atomic E-state index is 0.0726. The number of hydrogen-bond acceptors (Lipinski definition) is 4. The van der Waals surface area contributed by atoms with Crippen LogP contribution in [-0.4, -0.2) is 32.6 Å². The van der Waals surface area contributed by atoms with Gasteiger partial charge in [0, 0.05) is 17.6 Å². The van der Waals surface area contributed by atoms with Gasteiger partial charge in [-0.1, -0.05) is 31.0 Å². The van der Waals surface area contributed by atoms with Gasteiger partial charge in [-0.3, -0.25) is 14.5 Å². The summed E-state index contributed by atoms with van der Waals surface area (Å²) in [6.45, 7) is 0. The van der Waals surface area contributed by atoms with Crippen molar-refractivity contribution in [2.24, 2.45) is 4.99 Å². The van der Waals surface area contributed by atoms with Crippen molar-refractivity contribution in [2.45, 2.75) is 50.5 Å². The van der Waals surface area contributed by atoms with E-state index in [1.165, 1.54) is 36.6 Å². The van der Waals surface area contributed by atoms with Crippen LogP contribution in [0.2, 0.25) is 0 Å². The second kappa shape index (κ2) is 6.75. The second-order valence-electron chi connectivity index (χ2n) is 7.00. The van der Waals surface area contributed by atoms with E-state index < -0.39 is 5.97 Å². The molecule has 0 bridgehead atoms. The average molecular weight is 357 g/mol. The normalized spacial score (nSPS) is 21.1. The highest BCUT2D eigenvalue weighted by molar-refractivity contribution is 8.14. The Hall–Kier alpha value is -1.95. The molecule has 1 aliphatic carbocycles. The number of hydrogen-bond donors (Lipinski definition) is 2. The molecule has 132 valence electrons. The number of aromatic nitrogens is 1. The molecule has 0 amide bonds. The summed E-state index contributed by atoms with van der Waals surface area (Å²) in [5.41, 5.74) is 3.43. The van der Waals surface area contributed by atoms with Crippen LogP contribution in [0.5, 0.6) is 0 Å². The number of nitrogens with zero attached hydrogens (tertiary/aromatic N) is 2. The Kier molecular flexibility index (Phi) is 4.46. The Morgan fingerprint density at radius 1 is 1.36 bits per heavy atom. The number of nitrogens with two attached hydrogens (primary N) is 1.